The zero-order chi connectivity index (χ0) is 11.8. The van der Waals surface area contributed by atoms with Gasteiger partial charge in [-0.3, -0.25) is 0 Å². The van der Waals surface area contributed by atoms with Crippen LogP contribution in [0.4, 0.5) is 0 Å². The van der Waals surface area contributed by atoms with Gasteiger partial charge in [0.25, 0.3) is 0 Å². The van der Waals surface area contributed by atoms with E-state index in [0.29, 0.717) is 0 Å². The van der Waals surface area contributed by atoms with Crippen LogP contribution in [0.5, 0.6) is 0 Å². The summed E-state index contributed by atoms with van der Waals surface area (Å²) in [6.45, 7) is 3.94. The number of benzene rings is 1. The molecule has 83 valence electrons. The molecule has 0 spiro atoms. The highest BCUT2D eigenvalue weighted by Gasteiger charge is 2.07. The van der Waals surface area contributed by atoms with Crippen molar-refractivity contribution in [1.82, 2.24) is 14.6 Å². The Labute approximate surface area is 99.7 Å². The monoisotopic (exact) mass is 222 g/mol. The number of hydrogen-bond acceptors (Lipinski definition) is 2. The second kappa shape index (κ2) is 3.70. The molecule has 3 nitrogen and oxygen atoms in total. The van der Waals surface area contributed by atoms with E-state index in [1.807, 2.05) is 54.8 Å². The predicted octanol–water partition coefficient (Wildman–Crippen LogP) is 2.81. The Kier molecular flexibility index (Phi) is 2.18. The summed E-state index contributed by atoms with van der Waals surface area (Å²) in [6, 6.07) is 15.3. The molecule has 0 bridgehead atoms. The highest BCUT2D eigenvalue weighted by Crippen LogP contribution is 2.19. The topological polar surface area (TPSA) is 30.2 Å². The van der Waals surface area contributed by atoms with Gasteiger partial charge in [0.15, 0.2) is 5.65 Å². The summed E-state index contributed by atoms with van der Waals surface area (Å²) >= 11 is 0. The van der Waals surface area contributed by atoms with Gasteiger partial charge in [-0.15, -0.1) is 0 Å². The number of aromatic nitrogens is 3. The first-order chi connectivity index (χ1) is 8.24. The molecule has 3 rings (SSSR count). The summed E-state index contributed by atoms with van der Waals surface area (Å²) in [5, 5.41) is 4.55. The maximum Gasteiger partial charge on any atom is 0.156 e. The van der Waals surface area contributed by atoms with Crippen molar-refractivity contribution in [1.29, 1.82) is 0 Å². The van der Waals surface area contributed by atoms with Gasteiger partial charge in [-0.2, -0.15) is 5.10 Å². The highest BCUT2D eigenvalue weighted by molar-refractivity contribution is 5.64. The third-order valence-corrected chi connectivity index (χ3v) is 2.72. The van der Waals surface area contributed by atoms with E-state index in [2.05, 4.69) is 16.1 Å². The lowest BCUT2D eigenvalue weighted by molar-refractivity contribution is 0.886. The first-order valence-electron chi connectivity index (χ1n) is 5.56. The van der Waals surface area contributed by atoms with Crippen LogP contribution in [0, 0.1) is 19.9 Å². The Hall–Kier alpha value is -2.16. The van der Waals surface area contributed by atoms with Gasteiger partial charge in [0.1, 0.15) is 0 Å². The fourth-order valence-electron chi connectivity index (χ4n) is 1.96. The van der Waals surface area contributed by atoms with Gasteiger partial charge in [-0.1, -0.05) is 30.3 Å². The van der Waals surface area contributed by atoms with Crippen molar-refractivity contribution in [3.05, 3.63) is 53.9 Å². The van der Waals surface area contributed by atoms with E-state index in [4.69, 9.17) is 0 Å². The number of nitrogens with zero attached hydrogens (tertiary/aromatic N) is 3. The Balaban J connectivity index is 2.24. The summed E-state index contributed by atoms with van der Waals surface area (Å²) in [6.07, 6.45) is 0. The van der Waals surface area contributed by atoms with E-state index in [1.165, 1.54) is 0 Å². The lowest BCUT2D eigenvalue weighted by atomic mass is 10.2. The minimum absolute atomic E-state index is 0.873. The molecule has 3 heteroatoms. The molecule has 0 unspecified atom stereocenters. The van der Waals surface area contributed by atoms with Crippen LogP contribution in [-0.2, 0) is 0 Å². The van der Waals surface area contributed by atoms with Gasteiger partial charge in [-0.05, 0) is 13.8 Å². The average molecular weight is 222 g/mol. The summed E-state index contributed by atoms with van der Waals surface area (Å²) in [4.78, 5) is 4.43. The normalized spacial score (nSPS) is 10.9. The quantitative estimate of drug-likeness (QED) is 0.633. The molecule has 0 aliphatic carbocycles. The van der Waals surface area contributed by atoms with Crippen LogP contribution in [0.3, 0.4) is 0 Å². The van der Waals surface area contributed by atoms with Crippen LogP contribution < -0.4 is 0 Å². The number of rotatable bonds is 1. The smallest absolute Gasteiger partial charge is 0.156 e. The van der Waals surface area contributed by atoms with E-state index in [9.17, 15) is 0 Å². The maximum absolute atomic E-state index is 4.55. The molecular formula is C14H12N3. The van der Waals surface area contributed by atoms with Gasteiger partial charge in [-0.25, -0.2) is 9.50 Å². The van der Waals surface area contributed by atoms with E-state index < -0.39 is 0 Å². The zero-order valence-electron chi connectivity index (χ0n) is 9.81. The number of aryl methyl sites for hydroxylation is 2. The molecule has 0 aliphatic rings. The highest BCUT2D eigenvalue weighted by atomic mass is 15.3. The van der Waals surface area contributed by atoms with Crippen molar-refractivity contribution >= 4 is 5.65 Å². The van der Waals surface area contributed by atoms with Gasteiger partial charge in [0.05, 0.1) is 11.4 Å². The lowest BCUT2D eigenvalue weighted by Crippen LogP contribution is -1.97. The zero-order valence-corrected chi connectivity index (χ0v) is 9.81. The third-order valence-electron chi connectivity index (χ3n) is 2.72. The van der Waals surface area contributed by atoms with Crippen LogP contribution in [0.25, 0.3) is 16.9 Å². The molecule has 0 atom stereocenters. The van der Waals surface area contributed by atoms with Crippen molar-refractivity contribution in [2.24, 2.45) is 0 Å². The fraction of sp³-hybridized carbons (Fsp3) is 0.143. The number of fused-ring (bicyclic) bond motifs is 1. The molecule has 0 fully saturated rings. The number of hydrogen-bond donors (Lipinski definition) is 0. The Morgan fingerprint density at radius 1 is 1.12 bits per heavy atom. The Bertz CT molecular complexity index is 669. The minimum atomic E-state index is 0.873. The first-order valence-corrected chi connectivity index (χ1v) is 5.56. The Morgan fingerprint density at radius 2 is 1.88 bits per heavy atom. The van der Waals surface area contributed by atoms with Gasteiger partial charge in [0, 0.05) is 23.4 Å². The summed E-state index contributed by atoms with van der Waals surface area (Å²) in [7, 11) is 0. The van der Waals surface area contributed by atoms with Crippen molar-refractivity contribution in [2.75, 3.05) is 0 Å². The van der Waals surface area contributed by atoms with Crippen LogP contribution >= 0.6 is 0 Å². The molecule has 0 N–H and O–H groups in total. The van der Waals surface area contributed by atoms with Crippen molar-refractivity contribution < 1.29 is 0 Å². The first kappa shape index (κ1) is 10.0. The predicted molar refractivity (Wildman–Crippen MR) is 66.7 cm³/mol. The summed E-state index contributed by atoms with van der Waals surface area (Å²) in [5.74, 6) is 0. The van der Waals surface area contributed by atoms with Crippen molar-refractivity contribution in [2.45, 2.75) is 13.8 Å². The molecule has 17 heavy (non-hydrogen) atoms. The van der Waals surface area contributed by atoms with Crippen molar-refractivity contribution in [3.8, 4) is 11.3 Å². The SMILES string of the molecule is Cc1[c]c(C)n2nc(-c3ccccc3)cc2n1. The van der Waals surface area contributed by atoms with Crippen LogP contribution in [0.1, 0.15) is 11.4 Å². The molecule has 1 aromatic carbocycles. The van der Waals surface area contributed by atoms with E-state index in [0.717, 1.165) is 28.3 Å². The van der Waals surface area contributed by atoms with E-state index >= 15 is 0 Å². The molecular weight excluding hydrogens is 210 g/mol. The summed E-state index contributed by atoms with van der Waals surface area (Å²) < 4.78 is 1.83. The molecule has 0 aliphatic heterocycles. The van der Waals surface area contributed by atoms with E-state index in [-0.39, 0.29) is 0 Å². The molecule has 3 aromatic rings. The second-order valence-corrected chi connectivity index (χ2v) is 4.07. The molecule has 2 heterocycles. The molecule has 0 saturated heterocycles. The summed E-state index contributed by atoms with van der Waals surface area (Å²) in [5.41, 5.74) is 4.80. The largest absolute Gasteiger partial charge is 0.233 e. The third kappa shape index (κ3) is 1.69. The average Bonchev–Trinajstić information content (AvgIpc) is 2.74. The van der Waals surface area contributed by atoms with Crippen molar-refractivity contribution in [3.63, 3.8) is 0 Å². The van der Waals surface area contributed by atoms with Crippen LogP contribution in [0.2, 0.25) is 0 Å². The molecule has 0 amide bonds. The molecule has 0 saturated carbocycles. The molecule has 1 radical (unpaired) electrons. The van der Waals surface area contributed by atoms with Gasteiger partial charge < -0.3 is 0 Å². The van der Waals surface area contributed by atoms with E-state index in [1.54, 1.807) is 0 Å². The van der Waals surface area contributed by atoms with Crippen LogP contribution in [-0.4, -0.2) is 14.6 Å². The van der Waals surface area contributed by atoms with Gasteiger partial charge >= 0.3 is 0 Å². The Morgan fingerprint density at radius 3 is 2.65 bits per heavy atom. The molecule has 2 aromatic heterocycles. The fourth-order valence-corrected chi connectivity index (χ4v) is 1.96. The van der Waals surface area contributed by atoms with Gasteiger partial charge in [0.2, 0.25) is 0 Å². The standard InChI is InChI=1S/C14H12N3/c1-10-8-11(2)17-14(15-10)9-13(16-17)12-6-4-3-5-7-12/h3-7,9H,1-2H3. The van der Waals surface area contributed by atoms with Crippen LogP contribution in [0.15, 0.2) is 36.4 Å². The minimum Gasteiger partial charge on any atom is -0.233 e. The maximum atomic E-state index is 4.55. The lowest BCUT2D eigenvalue weighted by Gasteiger charge is -1.98. The second-order valence-electron chi connectivity index (χ2n) is 4.07.